The largest absolute Gasteiger partial charge is 0.345 e. The molecule has 124 valence electrons. The molecule has 0 unspecified atom stereocenters. The van der Waals surface area contributed by atoms with E-state index in [2.05, 4.69) is 26.9 Å². The van der Waals surface area contributed by atoms with Gasteiger partial charge in [0, 0.05) is 44.6 Å². The zero-order valence-electron chi connectivity index (χ0n) is 13.8. The third-order valence-corrected chi connectivity index (χ3v) is 4.76. The summed E-state index contributed by atoms with van der Waals surface area (Å²) in [5, 5.41) is 0. The minimum absolute atomic E-state index is 0.0545. The Bertz CT molecular complexity index is 882. The molecule has 7 nitrogen and oxygen atoms in total. The second kappa shape index (κ2) is 5.76. The van der Waals surface area contributed by atoms with Gasteiger partial charge in [-0.1, -0.05) is 0 Å². The summed E-state index contributed by atoms with van der Waals surface area (Å²) in [4.78, 5) is 28.8. The van der Waals surface area contributed by atoms with Crippen molar-refractivity contribution < 1.29 is 4.79 Å². The molecule has 0 bridgehead atoms. The third kappa shape index (κ3) is 2.46. The molecule has 24 heavy (non-hydrogen) atoms. The molecule has 1 aromatic carbocycles. The van der Waals surface area contributed by atoms with Crippen LogP contribution in [-0.4, -0.2) is 61.9 Å². The number of nitrogens with one attached hydrogen (secondary N) is 1. The number of piperazine rings is 1. The maximum atomic E-state index is 12.9. The number of likely N-dealkylation sites (N-methyl/N-ethyl adjacent to an activating group) is 1. The van der Waals surface area contributed by atoms with Crippen LogP contribution in [-0.2, 0) is 7.05 Å². The van der Waals surface area contributed by atoms with E-state index in [1.54, 1.807) is 12.5 Å². The van der Waals surface area contributed by atoms with Crippen LogP contribution in [0.5, 0.6) is 0 Å². The first-order chi connectivity index (χ1) is 11.6. The highest BCUT2D eigenvalue weighted by atomic mass is 16.2. The van der Waals surface area contributed by atoms with Gasteiger partial charge in [-0.2, -0.15) is 0 Å². The van der Waals surface area contributed by atoms with Crippen LogP contribution in [0.1, 0.15) is 22.2 Å². The second-order valence-electron chi connectivity index (χ2n) is 6.28. The molecule has 1 saturated heterocycles. The molecule has 0 radical (unpaired) electrons. The van der Waals surface area contributed by atoms with Crippen molar-refractivity contribution in [2.24, 2.45) is 7.05 Å². The summed E-state index contributed by atoms with van der Waals surface area (Å²) >= 11 is 0. The number of amides is 1. The SMILES string of the molecule is CN1CCN(C(=O)c2ccc3nc[nH]c3c2)C[C@H]1c1nccn1C. The number of hydrogen-bond donors (Lipinski definition) is 1. The van der Waals surface area contributed by atoms with E-state index in [-0.39, 0.29) is 11.9 Å². The zero-order valence-corrected chi connectivity index (χ0v) is 13.8. The summed E-state index contributed by atoms with van der Waals surface area (Å²) in [6, 6.07) is 5.71. The molecule has 4 rings (SSSR count). The lowest BCUT2D eigenvalue weighted by Crippen LogP contribution is -2.49. The number of aromatic amines is 1. The monoisotopic (exact) mass is 324 g/mol. The van der Waals surface area contributed by atoms with Gasteiger partial charge in [-0.3, -0.25) is 9.69 Å². The lowest BCUT2D eigenvalue weighted by Gasteiger charge is -2.39. The van der Waals surface area contributed by atoms with Crippen molar-refractivity contribution in [2.75, 3.05) is 26.7 Å². The summed E-state index contributed by atoms with van der Waals surface area (Å²) in [5.74, 6) is 1.04. The van der Waals surface area contributed by atoms with Crippen LogP contribution in [0.4, 0.5) is 0 Å². The lowest BCUT2D eigenvalue weighted by atomic mass is 10.1. The first-order valence-electron chi connectivity index (χ1n) is 8.03. The number of aryl methyl sites for hydroxylation is 1. The van der Waals surface area contributed by atoms with Crippen molar-refractivity contribution >= 4 is 16.9 Å². The summed E-state index contributed by atoms with van der Waals surface area (Å²) in [7, 11) is 4.07. The quantitative estimate of drug-likeness (QED) is 0.774. The third-order valence-electron chi connectivity index (χ3n) is 4.76. The summed E-state index contributed by atoms with van der Waals surface area (Å²) in [6.07, 6.45) is 5.39. The van der Waals surface area contributed by atoms with Crippen molar-refractivity contribution in [3.8, 4) is 0 Å². The van der Waals surface area contributed by atoms with Gasteiger partial charge in [0.15, 0.2) is 0 Å². The van der Waals surface area contributed by atoms with Gasteiger partial charge in [0.25, 0.3) is 5.91 Å². The molecule has 3 heterocycles. The number of benzene rings is 1. The van der Waals surface area contributed by atoms with E-state index in [4.69, 9.17) is 0 Å². The number of carbonyl (C=O) groups is 1. The van der Waals surface area contributed by atoms with E-state index in [9.17, 15) is 4.79 Å². The fourth-order valence-electron chi connectivity index (χ4n) is 3.29. The fourth-order valence-corrected chi connectivity index (χ4v) is 3.29. The predicted molar refractivity (Wildman–Crippen MR) is 90.6 cm³/mol. The summed E-state index contributed by atoms with van der Waals surface area (Å²) < 4.78 is 2.02. The number of nitrogens with zero attached hydrogens (tertiary/aromatic N) is 5. The molecule has 0 aliphatic carbocycles. The Balaban J connectivity index is 1.59. The molecule has 1 fully saturated rings. The van der Waals surface area contributed by atoms with Crippen LogP contribution in [0.15, 0.2) is 36.9 Å². The molecule has 1 N–H and O–H groups in total. The minimum Gasteiger partial charge on any atom is -0.345 e. The van der Waals surface area contributed by atoms with Gasteiger partial charge in [0.2, 0.25) is 0 Å². The molecule has 1 aliphatic rings. The molecule has 3 aromatic rings. The van der Waals surface area contributed by atoms with Gasteiger partial charge >= 0.3 is 0 Å². The van der Waals surface area contributed by atoms with Crippen molar-refractivity contribution in [2.45, 2.75) is 6.04 Å². The fraction of sp³-hybridized carbons (Fsp3) is 0.353. The second-order valence-corrected chi connectivity index (χ2v) is 6.28. The Labute approximate surface area is 139 Å². The van der Waals surface area contributed by atoms with Crippen LogP contribution < -0.4 is 0 Å². The van der Waals surface area contributed by atoms with E-state index in [1.807, 2.05) is 40.9 Å². The van der Waals surface area contributed by atoms with Gasteiger partial charge in [0.05, 0.1) is 23.4 Å². The van der Waals surface area contributed by atoms with Crippen molar-refractivity contribution in [1.29, 1.82) is 0 Å². The minimum atomic E-state index is 0.0545. The van der Waals surface area contributed by atoms with E-state index >= 15 is 0 Å². The maximum Gasteiger partial charge on any atom is 0.254 e. The average molecular weight is 324 g/mol. The Kier molecular flexibility index (Phi) is 3.57. The molecular formula is C17H20N6O. The van der Waals surface area contributed by atoms with Crippen molar-refractivity contribution in [3.63, 3.8) is 0 Å². The Morgan fingerprint density at radius 1 is 1.25 bits per heavy atom. The van der Waals surface area contributed by atoms with Gasteiger partial charge in [0.1, 0.15) is 5.82 Å². The Morgan fingerprint density at radius 2 is 2.12 bits per heavy atom. The first-order valence-corrected chi connectivity index (χ1v) is 8.03. The highest BCUT2D eigenvalue weighted by Gasteiger charge is 2.31. The Hall–Kier alpha value is -2.67. The molecule has 7 heteroatoms. The smallest absolute Gasteiger partial charge is 0.254 e. The van der Waals surface area contributed by atoms with Crippen molar-refractivity contribution in [3.05, 3.63) is 48.3 Å². The highest BCUT2D eigenvalue weighted by molar-refractivity contribution is 5.97. The zero-order chi connectivity index (χ0) is 16.7. The first kappa shape index (κ1) is 14.9. The molecule has 1 aliphatic heterocycles. The van der Waals surface area contributed by atoms with Crippen LogP contribution in [0, 0.1) is 0 Å². The van der Waals surface area contributed by atoms with Gasteiger partial charge in [-0.15, -0.1) is 0 Å². The van der Waals surface area contributed by atoms with Gasteiger partial charge in [-0.05, 0) is 25.2 Å². The molecule has 1 amide bonds. The summed E-state index contributed by atoms with van der Waals surface area (Å²) in [6.45, 7) is 2.19. The maximum absolute atomic E-state index is 12.9. The average Bonchev–Trinajstić information content (AvgIpc) is 3.22. The molecule has 2 aromatic heterocycles. The van der Waals surface area contributed by atoms with E-state index in [0.29, 0.717) is 12.1 Å². The number of fused-ring (bicyclic) bond motifs is 1. The number of carbonyl (C=O) groups excluding carboxylic acids is 1. The van der Waals surface area contributed by atoms with Crippen LogP contribution in [0.2, 0.25) is 0 Å². The number of H-pyrrole nitrogens is 1. The van der Waals surface area contributed by atoms with E-state index in [1.165, 1.54) is 0 Å². The standard InChI is InChI=1S/C17H20N6O/c1-21-7-8-23(10-15(21)16-18-5-6-22(16)2)17(24)12-3-4-13-14(9-12)20-11-19-13/h3-6,9,11,15H,7-8,10H2,1-2H3,(H,19,20)/t15-/m0/s1. The molecule has 0 spiro atoms. The van der Waals surface area contributed by atoms with E-state index in [0.717, 1.165) is 29.9 Å². The number of aromatic nitrogens is 4. The van der Waals surface area contributed by atoms with E-state index < -0.39 is 0 Å². The summed E-state index contributed by atoms with van der Waals surface area (Å²) in [5.41, 5.74) is 2.45. The normalized spacial score (nSPS) is 19.1. The molecular weight excluding hydrogens is 304 g/mol. The number of imidazole rings is 2. The lowest BCUT2D eigenvalue weighted by molar-refractivity contribution is 0.0529. The van der Waals surface area contributed by atoms with Crippen LogP contribution in [0.3, 0.4) is 0 Å². The van der Waals surface area contributed by atoms with Gasteiger partial charge < -0.3 is 14.5 Å². The van der Waals surface area contributed by atoms with Crippen LogP contribution in [0.25, 0.3) is 11.0 Å². The topological polar surface area (TPSA) is 70.1 Å². The highest BCUT2D eigenvalue weighted by Crippen LogP contribution is 2.24. The van der Waals surface area contributed by atoms with Crippen LogP contribution >= 0.6 is 0 Å². The van der Waals surface area contributed by atoms with Gasteiger partial charge in [-0.25, -0.2) is 9.97 Å². The number of rotatable bonds is 2. The Morgan fingerprint density at radius 3 is 2.92 bits per heavy atom. The number of hydrogen-bond acceptors (Lipinski definition) is 4. The molecule has 0 saturated carbocycles. The molecule has 1 atom stereocenters. The van der Waals surface area contributed by atoms with Crippen molar-refractivity contribution in [1.82, 2.24) is 29.3 Å². The predicted octanol–water partition coefficient (Wildman–Crippen LogP) is 1.43.